The number of thioether (sulfide) groups is 1. The number of hydrogen-bond acceptors (Lipinski definition) is 4. The van der Waals surface area contributed by atoms with Crippen LogP contribution >= 0.6 is 11.8 Å². The van der Waals surface area contributed by atoms with Gasteiger partial charge in [-0.1, -0.05) is 42.1 Å². The summed E-state index contributed by atoms with van der Waals surface area (Å²) in [6.45, 7) is 0. The van der Waals surface area contributed by atoms with Crippen LogP contribution in [0.5, 0.6) is 0 Å². The Bertz CT molecular complexity index is 931. The highest BCUT2D eigenvalue weighted by molar-refractivity contribution is 7.98. The van der Waals surface area contributed by atoms with Crippen molar-refractivity contribution in [1.82, 2.24) is 19.7 Å². The van der Waals surface area contributed by atoms with Gasteiger partial charge in [0.05, 0.1) is 0 Å². The first kappa shape index (κ1) is 17.8. The Morgan fingerprint density at radius 1 is 1.07 bits per heavy atom. The normalized spacial score (nSPS) is 13.6. The van der Waals surface area contributed by atoms with Gasteiger partial charge in [-0.2, -0.15) is 0 Å². The predicted molar refractivity (Wildman–Crippen MR) is 107 cm³/mol. The van der Waals surface area contributed by atoms with Crippen LogP contribution in [0.1, 0.15) is 40.5 Å². The maximum absolute atomic E-state index is 12.0. The third-order valence-electron chi connectivity index (χ3n) is 4.59. The van der Waals surface area contributed by atoms with Gasteiger partial charge in [0.25, 0.3) is 5.91 Å². The molecule has 0 unspecified atom stereocenters. The van der Waals surface area contributed by atoms with Crippen LogP contribution in [0.15, 0.2) is 59.8 Å². The molecule has 2 aromatic carbocycles. The minimum absolute atomic E-state index is 0.0205. The summed E-state index contributed by atoms with van der Waals surface area (Å²) in [4.78, 5) is 13.6. The summed E-state index contributed by atoms with van der Waals surface area (Å²) in [5.74, 6) is 2.40. The van der Waals surface area contributed by atoms with E-state index in [1.54, 1.807) is 30.8 Å². The summed E-state index contributed by atoms with van der Waals surface area (Å²) in [6.07, 6.45) is 2.38. The average molecular weight is 379 g/mol. The fourth-order valence-corrected chi connectivity index (χ4v) is 3.86. The van der Waals surface area contributed by atoms with E-state index < -0.39 is 0 Å². The van der Waals surface area contributed by atoms with Gasteiger partial charge in [0.2, 0.25) is 0 Å². The van der Waals surface area contributed by atoms with Crippen LogP contribution in [0.3, 0.4) is 0 Å². The molecule has 0 N–H and O–H groups in total. The van der Waals surface area contributed by atoms with Gasteiger partial charge < -0.3 is 4.90 Å². The lowest BCUT2D eigenvalue weighted by Gasteiger charge is -2.11. The van der Waals surface area contributed by atoms with Gasteiger partial charge in [-0.05, 0) is 42.7 Å². The molecule has 1 aliphatic rings. The molecule has 1 fully saturated rings. The first-order valence-electron chi connectivity index (χ1n) is 9.07. The summed E-state index contributed by atoms with van der Waals surface area (Å²) in [5, 5.41) is 9.83. The van der Waals surface area contributed by atoms with E-state index in [-0.39, 0.29) is 5.91 Å². The molecular formula is C21H22N4OS. The zero-order chi connectivity index (χ0) is 18.8. The summed E-state index contributed by atoms with van der Waals surface area (Å²) < 4.78 is 2.19. The lowest BCUT2D eigenvalue weighted by atomic mass is 10.1. The van der Waals surface area contributed by atoms with Gasteiger partial charge in [-0.3, -0.25) is 9.36 Å². The van der Waals surface area contributed by atoms with Crippen molar-refractivity contribution in [2.45, 2.75) is 29.7 Å². The van der Waals surface area contributed by atoms with E-state index >= 15 is 0 Å². The summed E-state index contributed by atoms with van der Waals surface area (Å²) in [7, 11) is 3.53. The monoisotopic (exact) mass is 378 g/mol. The van der Waals surface area contributed by atoms with Crippen molar-refractivity contribution in [3.05, 3.63) is 71.5 Å². The van der Waals surface area contributed by atoms with Crippen molar-refractivity contribution < 1.29 is 4.79 Å². The van der Waals surface area contributed by atoms with Crippen molar-refractivity contribution in [1.29, 1.82) is 0 Å². The van der Waals surface area contributed by atoms with E-state index in [0.29, 0.717) is 11.5 Å². The third kappa shape index (κ3) is 3.90. The van der Waals surface area contributed by atoms with Crippen LogP contribution in [0.2, 0.25) is 0 Å². The van der Waals surface area contributed by atoms with E-state index in [1.165, 1.54) is 12.8 Å². The first-order chi connectivity index (χ1) is 13.1. The van der Waals surface area contributed by atoms with Gasteiger partial charge in [0, 0.05) is 37.0 Å². The highest BCUT2D eigenvalue weighted by Crippen LogP contribution is 2.41. The van der Waals surface area contributed by atoms with Crippen LogP contribution in [0, 0.1) is 0 Å². The van der Waals surface area contributed by atoms with E-state index in [4.69, 9.17) is 0 Å². The third-order valence-corrected chi connectivity index (χ3v) is 5.59. The van der Waals surface area contributed by atoms with Crippen LogP contribution in [0.4, 0.5) is 0 Å². The molecule has 1 amide bonds. The number of aromatic nitrogens is 3. The molecule has 0 spiro atoms. The zero-order valence-electron chi connectivity index (χ0n) is 15.5. The van der Waals surface area contributed by atoms with E-state index in [9.17, 15) is 4.79 Å². The maximum atomic E-state index is 12.0. The van der Waals surface area contributed by atoms with Gasteiger partial charge in [-0.25, -0.2) is 0 Å². The number of amides is 1. The van der Waals surface area contributed by atoms with Gasteiger partial charge in [0.1, 0.15) is 5.82 Å². The van der Waals surface area contributed by atoms with Crippen molar-refractivity contribution >= 4 is 17.7 Å². The predicted octanol–water partition coefficient (Wildman–Crippen LogP) is 4.14. The summed E-state index contributed by atoms with van der Waals surface area (Å²) >= 11 is 1.68. The Morgan fingerprint density at radius 3 is 2.41 bits per heavy atom. The fourth-order valence-electron chi connectivity index (χ4n) is 2.95. The Hall–Kier alpha value is -2.60. The molecule has 6 heteroatoms. The molecule has 5 nitrogen and oxygen atoms in total. The average Bonchev–Trinajstić information content (AvgIpc) is 3.46. The van der Waals surface area contributed by atoms with Crippen molar-refractivity contribution in [3.63, 3.8) is 0 Å². The Balaban J connectivity index is 1.53. The lowest BCUT2D eigenvalue weighted by Crippen LogP contribution is -2.21. The second kappa shape index (κ2) is 7.56. The van der Waals surface area contributed by atoms with Gasteiger partial charge in [0.15, 0.2) is 5.16 Å². The highest BCUT2D eigenvalue weighted by atomic mass is 32.2. The van der Waals surface area contributed by atoms with E-state index in [1.807, 2.05) is 42.5 Å². The molecule has 0 radical (unpaired) electrons. The smallest absolute Gasteiger partial charge is 0.253 e. The number of para-hydroxylation sites is 1. The molecule has 1 aromatic heterocycles. The van der Waals surface area contributed by atoms with Crippen molar-refractivity contribution in [2.75, 3.05) is 14.1 Å². The number of carbonyl (C=O) groups is 1. The molecule has 0 aliphatic heterocycles. The summed E-state index contributed by atoms with van der Waals surface area (Å²) in [5.41, 5.74) is 2.97. The molecule has 0 atom stereocenters. The SMILES string of the molecule is CN(C)C(=O)c1ccc(CSc2nnc(C3CC3)n2-c2ccccc2)cc1. The topological polar surface area (TPSA) is 51.0 Å². The maximum Gasteiger partial charge on any atom is 0.253 e. The first-order valence-corrected chi connectivity index (χ1v) is 10.1. The number of rotatable bonds is 6. The molecule has 138 valence electrons. The molecule has 1 saturated carbocycles. The van der Waals surface area contributed by atoms with Gasteiger partial charge in [-0.15, -0.1) is 10.2 Å². The van der Waals surface area contributed by atoms with Crippen LogP contribution in [0.25, 0.3) is 5.69 Å². The summed E-state index contributed by atoms with van der Waals surface area (Å²) in [6, 6.07) is 18.1. The van der Waals surface area contributed by atoms with Crippen molar-refractivity contribution in [2.24, 2.45) is 0 Å². The molecule has 4 rings (SSSR count). The van der Waals surface area contributed by atoms with Crippen LogP contribution in [-0.2, 0) is 5.75 Å². The van der Waals surface area contributed by atoms with Gasteiger partial charge >= 0.3 is 0 Å². The Kier molecular flexibility index (Phi) is 4.99. The molecule has 1 aliphatic carbocycles. The minimum atomic E-state index is 0.0205. The molecule has 3 aromatic rings. The molecule has 0 bridgehead atoms. The lowest BCUT2D eigenvalue weighted by molar-refractivity contribution is 0.0827. The molecular weight excluding hydrogens is 356 g/mol. The molecule has 27 heavy (non-hydrogen) atoms. The number of nitrogens with zero attached hydrogens (tertiary/aromatic N) is 4. The fraction of sp³-hybridized carbons (Fsp3) is 0.286. The number of hydrogen-bond donors (Lipinski definition) is 0. The highest BCUT2D eigenvalue weighted by Gasteiger charge is 2.31. The van der Waals surface area contributed by atoms with Crippen LogP contribution in [-0.4, -0.2) is 39.7 Å². The van der Waals surface area contributed by atoms with E-state index in [0.717, 1.165) is 28.0 Å². The largest absolute Gasteiger partial charge is 0.345 e. The second-order valence-corrected chi connectivity index (χ2v) is 7.91. The number of benzene rings is 2. The molecule has 1 heterocycles. The van der Waals surface area contributed by atoms with Crippen molar-refractivity contribution in [3.8, 4) is 5.69 Å². The Morgan fingerprint density at radius 2 is 1.78 bits per heavy atom. The second-order valence-electron chi connectivity index (χ2n) is 6.97. The van der Waals surface area contributed by atoms with Crippen LogP contribution < -0.4 is 0 Å². The van der Waals surface area contributed by atoms with E-state index in [2.05, 4.69) is 26.9 Å². The quantitative estimate of drug-likeness (QED) is 0.605. The number of carbonyl (C=O) groups excluding carboxylic acids is 1. The zero-order valence-corrected chi connectivity index (χ0v) is 16.3. The Labute approximate surface area is 163 Å². The molecule has 0 saturated heterocycles. The standard InChI is InChI=1S/C21H22N4OS/c1-24(2)20(26)17-10-8-15(9-11-17)14-27-21-23-22-19(16-12-13-16)25(21)18-6-4-3-5-7-18/h3-11,16H,12-14H2,1-2H3. The minimum Gasteiger partial charge on any atom is -0.345 e.